The first-order valence-electron chi connectivity index (χ1n) is 11.8. The molecule has 0 radical (unpaired) electrons. The number of anilines is 1. The monoisotopic (exact) mass is 506 g/mol. The highest BCUT2D eigenvalue weighted by Crippen LogP contribution is 2.48. The van der Waals surface area contributed by atoms with Crippen molar-refractivity contribution in [2.45, 2.75) is 40.0 Å². The Morgan fingerprint density at radius 2 is 1.91 bits per heavy atom. The second kappa shape index (κ2) is 8.95. The quantitative estimate of drug-likeness (QED) is 0.295. The molecule has 1 aromatic carbocycles. The van der Waals surface area contributed by atoms with Crippen molar-refractivity contribution in [2.24, 2.45) is 11.3 Å². The van der Waals surface area contributed by atoms with Crippen molar-refractivity contribution < 1.29 is 14.3 Å². The van der Waals surface area contributed by atoms with Gasteiger partial charge in [-0.1, -0.05) is 26.8 Å². The van der Waals surface area contributed by atoms with E-state index in [9.17, 15) is 4.79 Å². The zero-order valence-electron chi connectivity index (χ0n) is 20.7. The van der Waals surface area contributed by atoms with E-state index in [0.717, 1.165) is 40.7 Å². The van der Waals surface area contributed by atoms with Gasteiger partial charge in [0, 0.05) is 27.1 Å². The number of ether oxygens (including phenoxy) is 2. The summed E-state index contributed by atoms with van der Waals surface area (Å²) < 4.78 is 10.7. The van der Waals surface area contributed by atoms with E-state index in [0.29, 0.717) is 33.5 Å². The average molecular weight is 507 g/mol. The van der Waals surface area contributed by atoms with E-state index in [1.165, 1.54) is 21.8 Å². The van der Waals surface area contributed by atoms with Crippen molar-refractivity contribution in [1.82, 2.24) is 4.98 Å². The number of aryl methyl sites for hydroxylation is 1. The van der Waals surface area contributed by atoms with Crippen LogP contribution < -0.4 is 15.2 Å². The number of nitrogen functional groups attached to an aromatic ring is 1. The van der Waals surface area contributed by atoms with Gasteiger partial charge in [0.15, 0.2) is 11.5 Å². The van der Waals surface area contributed by atoms with E-state index in [1.54, 1.807) is 43.8 Å². The van der Waals surface area contributed by atoms with E-state index >= 15 is 0 Å². The van der Waals surface area contributed by atoms with Crippen LogP contribution in [0.15, 0.2) is 35.7 Å². The van der Waals surface area contributed by atoms with Gasteiger partial charge in [-0.2, -0.15) is 0 Å². The zero-order chi connectivity index (χ0) is 24.9. The molecule has 0 spiro atoms. The Labute approximate surface area is 213 Å². The van der Waals surface area contributed by atoms with Crippen LogP contribution in [0.5, 0.6) is 11.5 Å². The summed E-state index contributed by atoms with van der Waals surface area (Å²) in [7, 11) is 3.14. The SMILES string of the molecule is COc1ccc(C(=O)c2sc3nc4c(c(-c5cccs5)c3c2N)C[C@@H](C(C)(C)C)CC4)cc1OC. The Morgan fingerprint density at radius 3 is 2.57 bits per heavy atom. The Bertz CT molecular complexity index is 1410. The minimum atomic E-state index is -0.130. The number of aromatic nitrogens is 1. The number of carbonyl (C=O) groups is 1. The van der Waals surface area contributed by atoms with Gasteiger partial charge < -0.3 is 15.2 Å². The molecule has 3 heterocycles. The molecule has 7 heteroatoms. The fourth-order valence-electron chi connectivity index (χ4n) is 5.03. The van der Waals surface area contributed by atoms with Crippen molar-refractivity contribution in [1.29, 1.82) is 0 Å². The minimum absolute atomic E-state index is 0.130. The van der Waals surface area contributed by atoms with Crippen molar-refractivity contribution in [3.8, 4) is 21.9 Å². The molecule has 1 atom stereocenters. The summed E-state index contributed by atoms with van der Waals surface area (Å²) in [5.41, 5.74) is 11.6. The van der Waals surface area contributed by atoms with Crippen LogP contribution >= 0.6 is 22.7 Å². The fraction of sp³-hybridized carbons (Fsp3) is 0.357. The molecule has 1 aliphatic carbocycles. The highest BCUT2D eigenvalue weighted by atomic mass is 32.1. The molecule has 182 valence electrons. The number of fused-ring (bicyclic) bond motifs is 2. The first kappa shape index (κ1) is 23.8. The number of pyridine rings is 1. The number of thiophene rings is 2. The van der Waals surface area contributed by atoms with E-state index in [-0.39, 0.29) is 11.2 Å². The van der Waals surface area contributed by atoms with Gasteiger partial charge >= 0.3 is 0 Å². The van der Waals surface area contributed by atoms with Crippen molar-refractivity contribution in [2.75, 3.05) is 20.0 Å². The highest BCUT2D eigenvalue weighted by molar-refractivity contribution is 7.21. The van der Waals surface area contributed by atoms with Crippen molar-refractivity contribution in [3.63, 3.8) is 0 Å². The van der Waals surface area contributed by atoms with Gasteiger partial charge in [-0.05, 0) is 65.8 Å². The second-order valence-corrected chi connectivity index (χ2v) is 12.1. The molecule has 5 nitrogen and oxygen atoms in total. The topological polar surface area (TPSA) is 74.4 Å². The molecular weight excluding hydrogens is 476 g/mol. The van der Waals surface area contributed by atoms with Gasteiger partial charge in [0.05, 0.1) is 19.9 Å². The summed E-state index contributed by atoms with van der Waals surface area (Å²) >= 11 is 3.10. The van der Waals surface area contributed by atoms with E-state index in [4.69, 9.17) is 20.2 Å². The van der Waals surface area contributed by atoms with Crippen LogP contribution in [0.2, 0.25) is 0 Å². The molecule has 3 aromatic heterocycles. The summed E-state index contributed by atoms with van der Waals surface area (Å²) in [6.45, 7) is 6.95. The maximum absolute atomic E-state index is 13.6. The minimum Gasteiger partial charge on any atom is -0.493 e. The van der Waals surface area contributed by atoms with Gasteiger partial charge in [-0.3, -0.25) is 4.79 Å². The lowest BCUT2D eigenvalue weighted by molar-refractivity contribution is 0.104. The maximum Gasteiger partial charge on any atom is 0.205 e. The van der Waals surface area contributed by atoms with E-state index < -0.39 is 0 Å². The van der Waals surface area contributed by atoms with Crippen LogP contribution in [0.1, 0.15) is 53.7 Å². The highest BCUT2D eigenvalue weighted by Gasteiger charge is 2.33. The van der Waals surface area contributed by atoms with Gasteiger partial charge in [0.2, 0.25) is 5.78 Å². The van der Waals surface area contributed by atoms with Crippen molar-refractivity contribution in [3.05, 3.63) is 57.4 Å². The van der Waals surface area contributed by atoms with Gasteiger partial charge in [-0.15, -0.1) is 22.7 Å². The molecule has 4 aromatic rings. The van der Waals surface area contributed by atoms with Crippen LogP contribution in [0.25, 0.3) is 20.7 Å². The molecular formula is C28H30N2O3S2. The lowest BCUT2D eigenvalue weighted by Crippen LogP contribution is -2.27. The number of rotatable bonds is 5. The summed E-state index contributed by atoms with van der Waals surface area (Å²) in [4.78, 5) is 21.2. The number of nitrogens with zero attached hydrogens (tertiary/aromatic N) is 1. The van der Waals surface area contributed by atoms with E-state index in [2.05, 4.69) is 38.3 Å². The third kappa shape index (κ3) is 4.10. The number of benzene rings is 1. The molecule has 2 N–H and O–H groups in total. The smallest absolute Gasteiger partial charge is 0.205 e. The Kier molecular flexibility index (Phi) is 6.09. The predicted molar refractivity (Wildman–Crippen MR) is 145 cm³/mol. The van der Waals surface area contributed by atoms with Gasteiger partial charge in [0.25, 0.3) is 0 Å². The van der Waals surface area contributed by atoms with Crippen LogP contribution in [-0.4, -0.2) is 25.0 Å². The molecule has 0 amide bonds. The van der Waals surface area contributed by atoms with Crippen molar-refractivity contribution >= 4 is 44.4 Å². The van der Waals surface area contributed by atoms with Crippen LogP contribution in [0.3, 0.4) is 0 Å². The first-order valence-corrected chi connectivity index (χ1v) is 13.5. The Morgan fingerprint density at radius 1 is 1.14 bits per heavy atom. The van der Waals surface area contributed by atoms with Gasteiger partial charge in [0.1, 0.15) is 9.71 Å². The molecule has 35 heavy (non-hydrogen) atoms. The molecule has 0 saturated carbocycles. The number of ketones is 1. The van der Waals surface area contributed by atoms with Crippen LogP contribution in [0, 0.1) is 11.3 Å². The van der Waals surface area contributed by atoms with Crippen LogP contribution in [0.4, 0.5) is 5.69 Å². The maximum atomic E-state index is 13.6. The van der Waals surface area contributed by atoms with Crippen LogP contribution in [-0.2, 0) is 12.8 Å². The number of nitrogens with two attached hydrogens (primary N) is 1. The molecule has 5 rings (SSSR count). The van der Waals surface area contributed by atoms with Gasteiger partial charge in [-0.25, -0.2) is 4.98 Å². The normalized spacial score (nSPS) is 15.7. The fourth-order valence-corrected chi connectivity index (χ4v) is 6.92. The Hall–Kier alpha value is -2.90. The summed E-state index contributed by atoms with van der Waals surface area (Å²) in [6.07, 6.45) is 3.04. The lowest BCUT2D eigenvalue weighted by atomic mass is 9.70. The predicted octanol–water partition coefficient (Wildman–Crippen LogP) is 7.01. The number of hydrogen-bond donors (Lipinski definition) is 1. The Balaban J connectivity index is 1.69. The molecule has 0 saturated heterocycles. The summed E-state index contributed by atoms with van der Waals surface area (Å²) in [6, 6.07) is 9.42. The van der Waals surface area contributed by atoms with E-state index in [1.807, 2.05) is 0 Å². The number of hydrogen-bond acceptors (Lipinski definition) is 7. The summed E-state index contributed by atoms with van der Waals surface area (Å²) in [5.74, 6) is 1.53. The molecule has 0 bridgehead atoms. The summed E-state index contributed by atoms with van der Waals surface area (Å²) in [5, 5.41) is 3.01. The average Bonchev–Trinajstić information content (AvgIpc) is 3.49. The molecule has 0 unspecified atom stereocenters. The number of methoxy groups -OCH3 is 2. The largest absolute Gasteiger partial charge is 0.493 e. The third-order valence-electron chi connectivity index (χ3n) is 7.09. The third-order valence-corrected chi connectivity index (χ3v) is 9.07. The zero-order valence-corrected chi connectivity index (χ0v) is 22.4. The first-order chi connectivity index (χ1) is 16.7. The lowest BCUT2D eigenvalue weighted by Gasteiger charge is -2.35. The molecule has 0 fully saturated rings. The number of carbonyl (C=O) groups excluding carboxylic acids is 1. The second-order valence-electron chi connectivity index (χ2n) is 10.1. The molecule has 0 aliphatic heterocycles. The standard InChI is InChI=1S/C28H30N2O3S2/c1-28(2,3)16-9-10-18-17(14-16)22(21-7-6-12-34-21)23-24(29)26(35-27(23)30-18)25(31)15-8-11-19(32-4)20(13-15)33-5/h6-8,11-13,16H,9-10,14,29H2,1-5H3/t16-/m0/s1. The molecule has 1 aliphatic rings.